The fourth-order valence-electron chi connectivity index (χ4n) is 2.05. The van der Waals surface area contributed by atoms with Gasteiger partial charge in [0.15, 0.2) is 0 Å². The smallest absolute Gasteiger partial charge is 0.120 e. The van der Waals surface area contributed by atoms with Gasteiger partial charge < -0.3 is 14.5 Å². The average molecular weight is 324 g/mol. The third-order valence-electron chi connectivity index (χ3n) is 2.88. The number of benzene rings is 1. The number of furan rings is 1. The van der Waals surface area contributed by atoms with Crippen LogP contribution in [0.3, 0.4) is 0 Å². The molecule has 0 saturated heterocycles. The summed E-state index contributed by atoms with van der Waals surface area (Å²) in [5.41, 5.74) is 2.29. The van der Waals surface area contributed by atoms with Gasteiger partial charge in [-0.2, -0.15) is 0 Å². The van der Waals surface area contributed by atoms with E-state index in [0.29, 0.717) is 6.61 Å². The van der Waals surface area contributed by atoms with Gasteiger partial charge >= 0.3 is 0 Å². The van der Waals surface area contributed by atoms with Crippen LogP contribution in [0.1, 0.15) is 31.0 Å². The van der Waals surface area contributed by atoms with Crippen LogP contribution in [0.2, 0.25) is 0 Å². The lowest BCUT2D eigenvalue weighted by Crippen LogP contribution is -2.21. The molecule has 0 bridgehead atoms. The maximum atomic E-state index is 5.50. The van der Waals surface area contributed by atoms with Gasteiger partial charge in [-0.3, -0.25) is 0 Å². The quantitative estimate of drug-likeness (QED) is 0.867. The van der Waals surface area contributed by atoms with Gasteiger partial charge in [0, 0.05) is 10.0 Å². The Kier molecular flexibility index (Phi) is 5.05. The number of halogens is 1. The van der Waals surface area contributed by atoms with Crippen molar-refractivity contribution in [2.75, 3.05) is 13.2 Å². The Morgan fingerprint density at radius 1 is 1.32 bits per heavy atom. The molecule has 0 aliphatic rings. The highest BCUT2D eigenvalue weighted by atomic mass is 79.9. The fraction of sp³-hybridized carbons (Fsp3) is 0.333. The predicted octanol–water partition coefficient (Wildman–Crippen LogP) is 4.14. The maximum absolute atomic E-state index is 5.50. The molecular formula is C15H18BrNO2. The summed E-state index contributed by atoms with van der Waals surface area (Å²) < 4.78 is 11.7. The van der Waals surface area contributed by atoms with Gasteiger partial charge in [0.05, 0.1) is 25.2 Å². The molecule has 1 unspecified atom stereocenters. The van der Waals surface area contributed by atoms with Crippen molar-refractivity contribution in [3.05, 3.63) is 52.4 Å². The molecule has 0 fully saturated rings. The summed E-state index contributed by atoms with van der Waals surface area (Å²) in [7, 11) is 0. The molecule has 0 saturated carbocycles. The van der Waals surface area contributed by atoms with E-state index in [2.05, 4.69) is 34.2 Å². The first kappa shape index (κ1) is 14.2. The molecule has 0 aliphatic carbocycles. The van der Waals surface area contributed by atoms with Crippen LogP contribution < -0.4 is 10.1 Å². The monoisotopic (exact) mass is 323 g/mol. The second kappa shape index (κ2) is 6.78. The van der Waals surface area contributed by atoms with Crippen molar-refractivity contribution < 1.29 is 9.15 Å². The van der Waals surface area contributed by atoms with E-state index in [9.17, 15) is 0 Å². The van der Waals surface area contributed by atoms with Gasteiger partial charge in [0.25, 0.3) is 0 Å². The van der Waals surface area contributed by atoms with Crippen molar-refractivity contribution in [2.24, 2.45) is 0 Å². The van der Waals surface area contributed by atoms with Gasteiger partial charge in [-0.05, 0) is 37.2 Å². The molecule has 2 aromatic rings. The Balaban J connectivity index is 2.32. The number of rotatable bonds is 6. The zero-order chi connectivity index (χ0) is 13.7. The first-order chi connectivity index (χ1) is 9.26. The van der Waals surface area contributed by atoms with Crippen molar-refractivity contribution in [1.82, 2.24) is 5.32 Å². The Hall–Kier alpha value is -1.26. The van der Waals surface area contributed by atoms with Crippen molar-refractivity contribution in [1.29, 1.82) is 0 Å². The van der Waals surface area contributed by atoms with Crippen LogP contribution in [0.4, 0.5) is 0 Å². The molecule has 102 valence electrons. The van der Waals surface area contributed by atoms with Crippen molar-refractivity contribution in [3.8, 4) is 5.75 Å². The van der Waals surface area contributed by atoms with E-state index in [1.165, 1.54) is 5.56 Å². The summed E-state index contributed by atoms with van der Waals surface area (Å²) in [6, 6.07) is 8.18. The zero-order valence-electron chi connectivity index (χ0n) is 11.2. The summed E-state index contributed by atoms with van der Waals surface area (Å²) in [5.74, 6) is 0.876. The van der Waals surface area contributed by atoms with E-state index >= 15 is 0 Å². The van der Waals surface area contributed by atoms with Gasteiger partial charge in [0.2, 0.25) is 0 Å². The summed E-state index contributed by atoms with van der Waals surface area (Å²) in [4.78, 5) is 0. The first-order valence-corrected chi connectivity index (χ1v) is 7.23. The molecule has 3 nitrogen and oxygen atoms in total. The number of ether oxygens (including phenoxy) is 1. The Morgan fingerprint density at radius 3 is 2.74 bits per heavy atom. The molecule has 0 spiro atoms. The summed E-state index contributed by atoms with van der Waals surface area (Å²) in [5, 5.41) is 3.46. The topological polar surface area (TPSA) is 34.4 Å². The number of hydrogen-bond acceptors (Lipinski definition) is 3. The maximum Gasteiger partial charge on any atom is 0.120 e. The molecule has 1 aromatic carbocycles. The lowest BCUT2D eigenvalue weighted by atomic mass is 10.0. The highest BCUT2D eigenvalue weighted by Gasteiger charge is 2.17. The van der Waals surface area contributed by atoms with Gasteiger partial charge in [-0.15, -0.1) is 0 Å². The third kappa shape index (κ3) is 3.39. The molecule has 4 heteroatoms. The molecule has 2 rings (SSSR count). The molecule has 0 aliphatic heterocycles. The van der Waals surface area contributed by atoms with E-state index in [-0.39, 0.29) is 6.04 Å². The van der Waals surface area contributed by atoms with Crippen LogP contribution >= 0.6 is 15.9 Å². The molecule has 1 aromatic heterocycles. The summed E-state index contributed by atoms with van der Waals surface area (Å²) in [6.45, 7) is 5.63. The largest absolute Gasteiger partial charge is 0.494 e. The minimum atomic E-state index is 0.119. The number of nitrogens with one attached hydrogen (secondary N) is 1. The molecule has 19 heavy (non-hydrogen) atoms. The molecule has 1 atom stereocenters. The van der Waals surface area contributed by atoms with E-state index in [0.717, 1.165) is 22.3 Å². The summed E-state index contributed by atoms with van der Waals surface area (Å²) >= 11 is 3.62. The minimum Gasteiger partial charge on any atom is -0.494 e. The third-order valence-corrected chi connectivity index (χ3v) is 3.57. The van der Waals surface area contributed by atoms with E-state index in [1.54, 1.807) is 12.5 Å². The lowest BCUT2D eigenvalue weighted by Gasteiger charge is -2.19. The molecule has 1 heterocycles. The first-order valence-electron chi connectivity index (χ1n) is 6.44. The zero-order valence-corrected chi connectivity index (χ0v) is 12.7. The fourth-order valence-corrected chi connectivity index (χ4v) is 2.64. The van der Waals surface area contributed by atoms with Crippen LogP contribution in [-0.4, -0.2) is 13.2 Å². The molecule has 1 N–H and O–H groups in total. The van der Waals surface area contributed by atoms with Gasteiger partial charge in [0.1, 0.15) is 5.75 Å². The van der Waals surface area contributed by atoms with Crippen LogP contribution in [0, 0.1) is 0 Å². The van der Waals surface area contributed by atoms with Crippen molar-refractivity contribution in [3.63, 3.8) is 0 Å². The highest BCUT2D eigenvalue weighted by molar-refractivity contribution is 9.10. The van der Waals surface area contributed by atoms with E-state index in [1.807, 2.05) is 25.1 Å². The van der Waals surface area contributed by atoms with E-state index in [4.69, 9.17) is 9.15 Å². The van der Waals surface area contributed by atoms with Gasteiger partial charge in [-0.25, -0.2) is 0 Å². The lowest BCUT2D eigenvalue weighted by molar-refractivity contribution is 0.340. The van der Waals surface area contributed by atoms with Gasteiger partial charge in [-0.1, -0.05) is 28.9 Å². The Labute approximate surface area is 122 Å². The minimum absolute atomic E-state index is 0.119. The standard InChI is InChI=1S/C15H18BrNO2/c1-3-17-15(11-7-8-18-10-11)13-6-5-12(19-4-2)9-14(13)16/h5-10,15,17H,3-4H2,1-2H3. The SMILES string of the molecule is CCNC(c1ccoc1)c1ccc(OCC)cc1Br. The Morgan fingerprint density at radius 2 is 2.16 bits per heavy atom. The normalized spacial score (nSPS) is 12.4. The van der Waals surface area contributed by atoms with Crippen molar-refractivity contribution >= 4 is 15.9 Å². The van der Waals surface area contributed by atoms with Crippen LogP contribution in [0.25, 0.3) is 0 Å². The summed E-state index contributed by atoms with van der Waals surface area (Å²) in [6.07, 6.45) is 3.47. The predicted molar refractivity (Wildman–Crippen MR) is 79.5 cm³/mol. The van der Waals surface area contributed by atoms with Crippen molar-refractivity contribution in [2.45, 2.75) is 19.9 Å². The Bertz CT molecular complexity index is 511. The molecule has 0 amide bonds. The molecular weight excluding hydrogens is 306 g/mol. The molecule has 0 radical (unpaired) electrons. The second-order valence-electron chi connectivity index (χ2n) is 4.16. The second-order valence-corrected chi connectivity index (χ2v) is 5.02. The average Bonchev–Trinajstić information content (AvgIpc) is 2.91. The highest BCUT2D eigenvalue weighted by Crippen LogP contribution is 2.31. The number of hydrogen-bond donors (Lipinski definition) is 1. The van der Waals surface area contributed by atoms with E-state index < -0.39 is 0 Å². The van der Waals surface area contributed by atoms with Crippen LogP contribution in [0.5, 0.6) is 5.75 Å². The van der Waals surface area contributed by atoms with Crippen LogP contribution in [-0.2, 0) is 0 Å². The van der Waals surface area contributed by atoms with Crippen LogP contribution in [0.15, 0.2) is 45.7 Å².